The molecule has 0 saturated carbocycles. The highest BCUT2D eigenvalue weighted by atomic mass is 35.5. The third-order valence-corrected chi connectivity index (χ3v) is 9.28. The summed E-state index contributed by atoms with van der Waals surface area (Å²) in [6, 6.07) is 10.4. The van der Waals surface area contributed by atoms with E-state index in [2.05, 4.69) is 5.32 Å². The van der Waals surface area contributed by atoms with Gasteiger partial charge >= 0.3 is 0 Å². The van der Waals surface area contributed by atoms with Crippen LogP contribution in [0.3, 0.4) is 0 Å². The van der Waals surface area contributed by atoms with Gasteiger partial charge in [0.05, 0.1) is 26.9 Å². The summed E-state index contributed by atoms with van der Waals surface area (Å²) < 4.78 is 52.2. The SMILES string of the molecule is CCN(CC)S(=O)(=O)c1ccc(Cl)c(C(=O)Nc2ccc(N3CCCS3(=O)=O)cc2)c1. The number of rotatable bonds is 7. The first kappa shape index (κ1) is 23.5. The molecule has 1 N–H and O–H groups in total. The molecule has 11 heteroatoms. The van der Waals surface area contributed by atoms with Gasteiger partial charge in [-0.1, -0.05) is 25.4 Å². The Morgan fingerprint density at radius 1 is 1.13 bits per heavy atom. The number of amides is 1. The zero-order valence-corrected chi connectivity index (χ0v) is 19.6. The molecule has 168 valence electrons. The van der Waals surface area contributed by atoms with Gasteiger partial charge in [0.25, 0.3) is 5.91 Å². The molecule has 0 aliphatic carbocycles. The number of nitrogens with zero attached hydrogens (tertiary/aromatic N) is 2. The minimum Gasteiger partial charge on any atom is -0.322 e. The molecular formula is C20H24ClN3O5S2. The predicted octanol–water partition coefficient (Wildman–Crippen LogP) is 3.16. The van der Waals surface area contributed by atoms with E-state index in [1.807, 2.05) is 0 Å². The second kappa shape index (κ2) is 9.15. The number of halogens is 1. The first-order valence-electron chi connectivity index (χ1n) is 9.81. The van der Waals surface area contributed by atoms with Crippen molar-refractivity contribution in [3.8, 4) is 0 Å². The summed E-state index contributed by atoms with van der Waals surface area (Å²) >= 11 is 6.15. The van der Waals surface area contributed by atoms with Gasteiger partial charge in [-0.2, -0.15) is 4.31 Å². The van der Waals surface area contributed by atoms with Crippen LogP contribution in [0.5, 0.6) is 0 Å². The summed E-state index contributed by atoms with van der Waals surface area (Å²) in [6.45, 7) is 4.52. The lowest BCUT2D eigenvalue weighted by molar-refractivity contribution is 0.102. The number of benzene rings is 2. The lowest BCUT2D eigenvalue weighted by atomic mass is 10.2. The highest BCUT2D eigenvalue weighted by Crippen LogP contribution is 2.27. The van der Waals surface area contributed by atoms with Gasteiger partial charge in [-0.25, -0.2) is 16.8 Å². The second-order valence-corrected chi connectivity index (χ2v) is 11.3. The first-order chi connectivity index (χ1) is 14.6. The molecule has 0 unspecified atom stereocenters. The minimum atomic E-state index is -3.74. The van der Waals surface area contributed by atoms with Crippen molar-refractivity contribution in [1.29, 1.82) is 0 Å². The molecule has 0 radical (unpaired) electrons. The molecule has 31 heavy (non-hydrogen) atoms. The summed E-state index contributed by atoms with van der Waals surface area (Å²) in [7, 11) is -7.03. The Balaban J connectivity index is 1.82. The van der Waals surface area contributed by atoms with E-state index in [0.29, 0.717) is 37.4 Å². The lowest BCUT2D eigenvalue weighted by Crippen LogP contribution is -2.30. The fourth-order valence-electron chi connectivity index (χ4n) is 3.39. The van der Waals surface area contributed by atoms with Crippen LogP contribution in [-0.2, 0) is 20.0 Å². The minimum absolute atomic E-state index is 0.0136. The van der Waals surface area contributed by atoms with E-state index in [1.165, 1.54) is 26.8 Å². The van der Waals surface area contributed by atoms with E-state index >= 15 is 0 Å². The Labute approximate surface area is 187 Å². The van der Waals surface area contributed by atoms with Gasteiger partial charge in [0.1, 0.15) is 0 Å². The molecule has 2 aromatic rings. The van der Waals surface area contributed by atoms with Crippen LogP contribution in [-0.4, -0.2) is 52.4 Å². The van der Waals surface area contributed by atoms with Crippen LogP contribution in [0.1, 0.15) is 30.6 Å². The smallest absolute Gasteiger partial charge is 0.257 e. The molecule has 1 saturated heterocycles. The fourth-order valence-corrected chi connectivity index (χ4v) is 6.64. The van der Waals surface area contributed by atoms with Gasteiger partial charge in [0.2, 0.25) is 20.0 Å². The molecule has 1 amide bonds. The fraction of sp³-hybridized carbons (Fsp3) is 0.350. The average Bonchev–Trinajstić information content (AvgIpc) is 3.08. The maximum Gasteiger partial charge on any atom is 0.257 e. The average molecular weight is 486 g/mol. The lowest BCUT2D eigenvalue weighted by Gasteiger charge is -2.19. The molecule has 0 spiro atoms. The zero-order chi connectivity index (χ0) is 22.8. The maximum atomic E-state index is 12.8. The molecule has 2 aromatic carbocycles. The van der Waals surface area contributed by atoms with E-state index in [9.17, 15) is 21.6 Å². The van der Waals surface area contributed by atoms with Crippen molar-refractivity contribution in [3.05, 3.63) is 53.1 Å². The van der Waals surface area contributed by atoms with Gasteiger partial charge in [0.15, 0.2) is 0 Å². The van der Waals surface area contributed by atoms with Crippen molar-refractivity contribution in [2.45, 2.75) is 25.2 Å². The molecule has 0 aromatic heterocycles. The van der Waals surface area contributed by atoms with Crippen LogP contribution < -0.4 is 9.62 Å². The van der Waals surface area contributed by atoms with E-state index < -0.39 is 26.0 Å². The van der Waals surface area contributed by atoms with E-state index in [4.69, 9.17) is 11.6 Å². The number of carbonyl (C=O) groups is 1. The Kier molecular flexibility index (Phi) is 6.95. The largest absolute Gasteiger partial charge is 0.322 e. The summed E-state index contributed by atoms with van der Waals surface area (Å²) in [5, 5.41) is 2.79. The molecule has 0 bridgehead atoms. The van der Waals surface area contributed by atoms with Crippen LogP contribution in [0.4, 0.5) is 11.4 Å². The molecule has 1 fully saturated rings. The third kappa shape index (κ3) is 4.87. The summed E-state index contributed by atoms with van der Waals surface area (Å²) in [5.74, 6) is -0.445. The van der Waals surface area contributed by atoms with Gasteiger partial charge in [0, 0.05) is 25.3 Å². The van der Waals surface area contributed by atoms with Crippen molar-refractivity contribution in [2.24, 2.45) is 0 Å². The van der Waals surface area contributed by atoms with Gasteiger partial charge in [-0.05, 0) is 48.9 Å². The van der Waals surface area contributed by atoms with Crippen molar-refractivity contribution in [2.75, 3.05) is 35.0 Å². The standard InChI is InChI=1S/C20H24ClN3O5S2/c1-3-23(4-2)31(28,29)17-10-11-19(21)18(14-17)20(25)22-15-6-8-16(9-7-15)24-12-5-13-30(24,26)27/h6-11,14H,3-5,12-13H2,1-2H3,(H,22,25). The quantitative estimate of drug-likeness (QED) is 0.648. The van der Waals surface area contributed by atoms with Crippen LogP contribution in [0, 0.1) is 0 Å². The summed E-state index contributed by atoms with van der Waals surface area (Å²) in [4.78, 5) is 12.7. The topological polar surface area (TPSA) is 104 Å². The Morgan fingerprint density at radius 3 is 2.32 bits per heavy atom. The van der Waals surface area contributed by atoms with Crippen LogP contribution >= 0.6 is 11.6 Å². The highest BCUT2D eigenvalue weighted by Gasteiger charge is 2.28. The third-order valence-electron chi connectivity index (χ3n) is 5.04. The van der Waals surface area contributed by atoms with E-state index in [1.54, 1.807) is 38.1 Å². The maximum absolute atomic E-state index is 12.8. The second-order valence-electron chi connectivity index (χ2n) is 6.97. The van der Waals surface area contributed by atoms with Crippen molar-refractivity contribution in [3.63, 3.8) is 0 Å². The molecule has 1 aliphatic rings. The van der Waals surface area contributed by atoms with Crippen LogP contribution in [0.15, 0.2) is 47.4 Å². The Bertz CT molecular complexity index is 1180. The van der Waals surface area contributed by atoms with Gasteiger partial charge in [-0.15, -0.1) is 0 Å². The summed E-state index contributed by atoms with van der Waals surface area (Å²) in [6.07, 6.45) is 0.575. The number of nitrogens with one attached hydrogen (secondary N) is 1. The number of hydrogen-bond donors (Lipinski definition) is 1. The zero-order valence-electron chi connectivity index (χ0n) is 17.2. The highest BCUT2D eigenvalue weighted by molar-refractivity contribution is 7.93. The number of hydrogen-bond acceptors (Lipinski definition) is 5. The first-order valence-corrected chi connectivity index (χ1v) is 13.2. The number of carbonyl (C=O) groups excluding carboxylic acids is 1. The van der Waals surface area contributed by atoms with E-state index in [-0.39, 0.29) is 21.2 Å². The summed E-state index contributed by atoms with van der Waals surface area (Å²) in [5.41, 5.74) is 0.986. The van der Waals surface area contributed by atoms with Gasteiger partial charge in [-0.3, -0.25) is 9.10 Å². The number of anilines is 2. The van der Waals surface area contributed by atoms with Gasteiger partial charge < -0.3 is 5.32 Å². The molecule has 3 rings (SSSR count). The van der Waals surface area contributed by atoms with Crippen molar-refractivity contribution in [1.82, 2.24) is 4.31 Å². The number of sulfonamides is 2. The Hall–Kier alpha value is -2.14. The monoisotopic (exact) mass is 485 g/mol. The predicted molar refractivity (Wildman–Crippen MR) is 122 cm³/mol. The molecule has 1 aliphatic heterocycles. The van der Waals surface area contributed by atoms with Crippen molar-refractivity contribution >= 4 is 48.9 Å². The van der Waals surface area contributed by atoms with Crippen molar-refractivity contribution < 1.29 is 21.6 Å². The molecular weight excluding hydrogens is 462 g/mol. The van der Waals surface area contributed by atoms with Crippen LogP contribution in [0.25, 0.3) is 0 Å². The molecule has 0 atom stereocenters. The Morgan fingerprint density at radius 2 is 1.77 bits per heavy atom. The van der Waals surface area contributed by atoms with Crippen LogP contribution in [0.2, 0.25) is 5.02 Å². The molecule has 8 nitrogen and oxygen atoms in total. The molecule has 1 heterocycles. The normalized spacial score (nSPS) is 15.9. The van der Waals surface area contributed by atoms with E-state index in [0.717, 1.165) is 0 Å².